The van der Waals surface area contributed by atoms with Gasteiger partial charge in [-0.05, 0) is 31.3 Å². The quantitative estimate of drug-likeness (QED) is 0.543. The molecule has 0 aromatic heterocycles. The summed E-state index contributed by atoms with van der Waals surface area (Å²) in [5.74, 6) is -0.783. The summed E-state index contributed by atoms with van der Waals surface area (Å²) >= 11 is 0. The summed E-state index contributed by atoms with van der Waals surface area (Å²) < 4.78 is 10.9. The fourth-order valence-electron chi connectivity index (χ4n) is 2.95. The number of carbonyl (C=O) groups is 3. The van der Waals surface area contributed by atoms with E-state index in [9.17, 15) is 14.4 Å². The average Bonchev–Trinajstić information content (AvgIpc) is 2.53. The van der Waals surface area contributed by atoms with Crippen molar-refractivity contribution in [2.75, 3.05) is 7.11 Å². The molecule has 1 amide bonds. The molecule has 0 heterocycles. The fraction of sp³-hybridized carbons (Fsp3) is 0.706. The van der Waals surface area contributed by atoms with E-state index in [1.165, 1.54) is 14.0 Å². The Balaban J connectivity index is 3.12. The van der Waals surface area contributed by atoms with Crippen LogP contribution in [0.4, 0.5) is 0 Å². The van der Waals surface area contributed by atoms with Crippen molar-refractivity contribution in [3.63, 3.8) is 0 Å². The molecule has 1 aliphatic rings. The van der Waals surface area contributed by atoms with Gasteiger partial charge in [0.25, 0.3) is 0 Å². The lowest BCUT2D eigenvalue weighted by Gasteiger charge is -2.37. The van der Waals surface area contributed by atoms with E-state index in [4.69, 9.17) is 9.47 Å². The molecule has 6 nitrogen and oxygen atoms in total. The zero-order valence-corrected chi connectivity index (χ0v) is 14.3. The first-order chi connectivity index (χ1) is 11.0. The van der Waals surface area contributed by atoms with E-state index in [1.807, 2.05) is 13.8 Å². The van der Waals surface area contributed by atoms with Crippen LogP contribution in [0.25, 0.3) is 0 Å². The first-order valence-corrected chi connectivity index (χ1v) is 8.11. The summed E-state index contributed by atoms with van der Waals surface area (Å²) in [5, 5.41) is 2.88. The molecule has 0 spiro atoms. The topological polar surface area (TPSA) is 81.7 Å². The van der Waals surface area contributed by atoms with Crippen molar-refractivity contribution in [2.45, 2.75) is 64.7 Å². The molecule has 6 heteroatoms. The second-order valence-electron chi connectivity index (χ2n) is 5.82. The minimum Gasteiger partial charge on any atom is -0.466 e. The van der Waals surface area contributed by atoms with Crippen LogP contribution in [0, 0.1) is 5.92 Å². The molecule has 0 saturated carbocycles. The SMILES string of the molecule is CCC(CC)O[C@@H]1C=C(C(=O)OC)C[C@H](CC=O)[C@H]1NC(C)=O. The summed E-state index contributed by atoms with van der Waals surface area (Å²) in [6.07, 6.45) is 4.43. The first-order valence-electron chi connectivity index (χ1n) is 8.11. The zero-order valence-electron chi connectivity index (χ0n) is 14.3. The van der Waals surface area contributed by atoms with Crippen LogP contribution in [0.15, 0.2) is 11.6 Å². The summed E-state index contributed by atoms with van der Waals surface area (Å²) in [4.78, 5) is 34.4. The molecule has 3 atom stereocenters. The predicted molar refractivity (Wildman–Crippen MR) is 85.7 cm³/mol. The van der Waals surface area contributed by atoms with Crippen LogP contribution >= 0.6 is 0 Å². The Morgan fingerprint density at radius 1 is 1.39 bits per heavy atom. The van der Waals surface area contributed by atoms with E-state index in [0.717, 1.165) is 19.1 Å². The summed E-state index contributed by atoms with van der Waals surface area (Å²) in [7, 11) is 1.33. The third-order valence-corrected chi connectivity index (χ3v) is 4.19. The van der Waals surface area contributed by atoms with Gasteiger partial charge in [-0.2, -0.15) is 0 Å². The van der Waals surface area contributed by atoms with E-state index in [-0.39, 0.29) is 30.4 Å². The largest absolute Gasteiger partial charge is 0.466 e. The van der Waals surface area contributed by atoms with Crippen LogP contribution < -0.4 is 5.32 Å². The minimum atomic E-state index is -0.448. The van der Waals surface area contributed by atoms with Gasteiger partial charge in [-0.3, -0.25) is 4.79 Å². The van der Waals surface area contributed by atoms with Crippen LogP contribution in [-0.4, -0.2) is 43.5 Å². The Bertz CT molecular complexity index is 456. The van der Waals surface area contributed by atoms with Gasteiger partial charge in [-0.1, -0.05) is 13.8 Å². The van der Waals surface area contributed by atoms with Crippen molar-refractivity contribution in [3.8, 4) is 0 Å². The number of aldehydes is 1. The maximum absolute atomic E-state index is 11.9. The predicted octanol–water partition coefficient (Wildman–Crippen LogP) is 1.77. The molecule has 0 radical (unpaired) electrons. The van der Waals surface area contributed by atoms with Crippen molar-refractivity contribution in [2.24, 2.45) is 5.92 Å². The number of nitrogens with one attached hydrogen (secondary N) is 1. The van der Waals surface area contributed by atoms with Gasteiger partial charge in [0, 0.05) is 18.9 Å². The van der Waals surface area contributed by atoms with Crippen molar-refractivity contribution in [1.29, 1.82) is 0 Å². The summed E-state index contributed by atoms with van der Waals surface area (Å²) in [5.41, 5.74) is 0.497. The summed E-state index contributed by atoms with van der Waals surface area (Å²) in [6.45, 7) is 5.49. The highest BCUT2D eigenvalue weighted by Gasteiger charge is 2.37. The van der Waals surface area contributed by atoms with Gasteiger partial charge in [-0.25, -0.2) is 4.79 Å². The van der Waals surface area contributed by atoms with E-state index >= 15 is 0 Å². The molecule has 0 unspecified atom stereocenters. The van der Waals surface area contributed by atoms with Gasteiger partial charge in [-0.15, -0.1) is 0 Å². The number of hydrogen-bond acceptors (Lipinski definition) is 5. The van der Waals surface area contributed by atoms with Crippen molar-refractivity contribution in [1.82, 2.24) is 5.32 Å². The van der Waals surface area contributed by atoms with Crippen LogP contribution in [0.2, 0.25) is 0 Å². The Morgan fingerprint density at radius 3 is 2.52 bits per heavy atom. The van der Waals surface area contributed by atoms with E-state index < -0.39 is 12.1 Å². The van der Waals surface area contributed by atoms with Gasteiger partial charge < -0.3 is 19.6 Å². The molecule has 0 saturated heterocycles. The standard InChI is InChI=1S/C17H27NO5/c1-5-14(6-2)23-15-10-13(17(21)22-4)9-12(7-8-19)16(15)18-11(3)20/h8,10,12,14-16H,5-7,9H2,1-4H3,(H,18,20)/t12-,15+,16+/m0/s1. The normalized spacial score (nSPS) is 24.0. The van der Waals surface area contributed by atoms with Crippen molar-refractivity contribution in [3.05, 3.63) is 11.6 Å². The second kappa shape index (κ2) is 9.45. The highest BCUT2D eigenvalue weighted by atomic mass is 16.5. The van der Waals surface area contributed by atoms with Crippen molar-refractivity contribution < 1.29 is 23.9 Å². The number of esters is 1. The van der Waals surface area contributed by atoms with Gasteiger partial charge in [0.2, 0.25) is 5.91 Å². The Hall–Kier alpha value is -1.69. The van der Waals surface area contributed by atoms with Crippen LogP contribution in [0.3, 0.4) is 0 Å². The molecule has 130 valence electrons. The minimum absolute atomic E-state index is 0.0291. The smallest absolute Gasteiger partial charge is 0.333 e. The average molecular weight is 325 g/mol. The zero-order chi connectivity index (χ0) is 17.4. The van der Waals surface area contributed by atoms with E-state index in [0.29, 0.717) is 12.0 Å². The lowest BCUT2D eigenvalue weighted by atomic mass is 9.80. The molecule has 0 bridgehead atoms. The van der Waals surface area contributed by atoms with Gasteiger partial charge in [0.05, 0.1) is 25.4 Å². The molecule has 0 aromatic carbocycles. The fourth-order valence-corrected chi connectivity index (χ4v) is 2.95. The summed E-state index contributed by atoms with van der Waals surface area (Å²) in [6, 6.07) is -0.327. The Morgan fingerprint density at radius 2 is 2.04 bits per heavy atom. The molecule has 23 heavy (non-hydrogen) atoms. The van der Waals surface area contributed by atoms with Gasteiger partial charge in [0.1, 0.15) is 6.29 Å². The molecule has 0 aliphatic heterocycles. The van der Waals surface area contributed by atoms with Gasteiger partial charge in [0.15, 0.2) is 0 Å². The first kappa shape index (κ1) is 19.4. The maximum Gasteiger partial charge on any atom is 0.333 e. The van der Waals surface area contributed by atoms with Gasteiger partial charge >= 0.3 is 5.97 Å². The Kier molecular flexibility index (Phi) is 7.95. The van der Waals surface area contributed by atoms with Crippen molar-refractivity contribution >= 4 is 18.2 Å². The molecular weight excluding hydrogens is 298 g/mol. The van der Waals surface area contributed by atoms with Crippen LogP contribution in [-0.2, 0) is 23.9 Å². The molecule has 0 aromatic rings. The third-order valence-electron chi connectivity index (χ3n) is 4.19. The van der Waals surface area contributed by atoms with Crippen LogP contribution in [0.5, 0.6) is 0 Å². The van der Waals surface area contributed by atoms with Crippen LogP contribution in [0.1, 0.15) is 46.5 Å². The number of methoxy groups -OCH3 is 1. The lowest BCUT2D eigenvalue weighted by molar-refractivity contribution is -0.137. The third kappa shape index (κ3) is 5.46. The number of amides is 1. The number of carbonyl (C=O) groups excluding carboxylic acids is 3. The highest BCUT2D eigenvalue weighted by Crippen LogP contribution is 2.30. The monoisotopic (exact) mass is 325 g/mol. The Labute approximate surface area is 137 Å². The van der Waals surface area contributed by atoms with E-state index in [2.05, 4.69) is 5.32 Å². The molecule has 0 fully saturated rings. The molecule has 1 rings (SSSR count). The molecular formula is C17H27NO5. The maximum atomic E-state index is 11.9. The number of hydrogen-bond donors (Lipinski definition) is 1. The number of ether oxygens (including phenoxy) is 2. The number of rotatable bonds is 8. The molecule has 1 N–H and O–H groups in total. The lowest BCUT2D eigenvalue weighted by Crippen LogP contribution is -2.51. The molecule has 1 aliphatic carbocycles. The second-order valence-corrected chi connectivity index (χ2v) is 5.82. The highest BCUT2D eigenvalue weighted by molar-refractivity contribution is 5.89. The van der Waals surface area contributed by atoms with E-state index in [1.54, 1.807) is 6.08 Å².